The van der Waals surface area contributed by atoms with Crippen LogP contribution >= 0.6 is 15.9 Å². The molecule has 5 rings (SSSR count). The Labute approximate surface area is 168 Å². The fraction of sp³-hybridized carbons (Fsp3) is 0.150. The summed E-state index contributed by atoms with van der Waals surface area (Å²) in [5.41, 5.74) is 5.44. The fourth-order valence-electron chi connectivity index (χ4n) is 3.69. The maximum Gasteiger partial charge on any atom is 0.328 e. The van der Waals surface area contributed by atoms with Crippen molar-refractivity contribution in [3.8, 4) is 17.2 Å². The first kappa shape index (κ1) is 17.0. The summed E-state index contributed by atoms with van der Waals surface area (Å²) < 4.78 is 8.35. The molecule has 3 aromatic heterocycles. The fourth-order valence-corrected chi connectivity index (χ4v) is 4.04. The van der Waals surface area contributed by atoms with Gasteiger partial charge in [-0.05, 0) is 36.4 Å². The number of nitrogens with zero attached hydrogens (tertiary/aromatic N) is 6. The van der Waals surface area contributed by atoms with E-state index in [0.29, 0.717) is 0 Å². The smallest absolute Gasteiger partial charge is 0.328 e. The Morgan fingerprint density at radius 1 is 0.929 bits per heavy atom. The average molecular weight is 437 g/mol. The summed E-state index contributed by atoms with van der Waals surface area (Å²) in [6, 6.07) is 12.1. The molecular weight excluding hydrogens is 420 g/mol. The van der Waals surface area contributed by atoms with Gasteiger partial charge in [0.05, 0.1) is 34.6 Å². The largest absolute Gasteiger partial charge is 0.331 e. The molecule has 8 heteroatoms. The first-order valence-corrected chi connectivity index (χ1v) is 9.55. The van der Waals surface area contributed by atoms with Crippen LogP contribution in [0.4, 0.5) is 0 Å². The van der Waals surface area contributed by atoms with Gasteiger partial charge in [0.15, 0.2) is 5.82 Å². The van der Waals surface area contributed by atoms with Crippen LogP contribution < -0.4 is 5.69 Å². The summed E-state index contributed by atoms with van der Waals surface area (Å²) in [6.45, 7) is 0. The first-order chi connectivity index (χ1) is 13.5. The Morgan fingerprint density at radius 3 is 2.43 bits per heavy atom. The molecule has 0 unspecified atom stereocenters. The topological polar surface area (TPSA) is 62.6 Å². The van der Waals surface area contributed by atoms with Crippen molar-refractivity contribution in [3.63, 3.8) is 0 Å². The van der Waals surface area contributed by atoms with E-state index in [2.05, 4.69) is 25.5 Å². The molecular formula is C20H17BrN6O. The Bertz CT molecular complexity index is 1430. The van der Waals surface area contributed by atoms with E-state index in [-0.39, 0.29) is 5.69 Å². The molecule has 2 aromatic carbocycles. The van der Waals surface area contributed by atoms with Gasteiger partial charge in [-0.15, -0.1) is 0 Å². The van der Waals surface area contributed by atoms with Crippen LogP contribution in [0.1, 0.15) is 0 Å². The molecule has 0 aliphatic heterocycles. The zero-order valence-electron chi connectivity index (χ0n) is 15.6. The summed E-state index contributed by atoms with van der Waals surface area (Å²) in [4.78, 5) is 21.5. The quantitative estimate of drug-likeness (QED) is 0.426. The molecule has 28 heavy (non-hydrogen) atoms. The van der Waals surface area contributed by atoms with Crippen LogP contribution in [0, 0.1) is 0 Å². The van der Waals surface area contributed by atoms with E-state index in [1.807, 2.05) is 54.2 Å². The Morgan fingerprint density at radius 2 is 1.68 bits per heavy atom. The summed E-state index contributed by atoms with van der Waals surface area (Å²) in [5, 5.41) is 0. The Kier molecular flexibility index (Phi) is 3.60. The van der Waals surface area contributed by atoms with E-state index in [9.17, 15) is 4.79 Å². The van der Waals surface area contributed by atoms with Crippen molar-refractivity contribution in [2.24, 2.45) is 21.1 Å². The highest BCUT2D eigenvalue weighted by molar-refractivity contribution is 9.10. The molecule has 0 saturated heterocycles. The second kappa shape index (κ2) is 5.93. The van der Waals surface area contributed by atoms with Crippen molar-refractivity contribution in [2.45, 2.75) is 0 Å². The molecule has 0 aliphatic carbocycles. The van der Waals surface area contributed by atoms with Gasteiger partial charge >= 0.3 is 5.69 Å². The second-order valence-corrected chi connectivity index (χ2v) is 7.78. The van der Waals surface area contributed by atoms with Gasteiger partial charge in [0.25, 0.3) is 0 Å². The van der Waals surface area contributed by atoms with Crippen molar-refractivity contribution in [1.82, 2.24) is 28.2 Å². The zero-order valence-corrected chi connectivity index (χ0v) is 17.2. The van der Waals surface area contributed by atoms with Gasteiger partial charge < -0.3 is 4.57 Å². The third-order valence-electron chi connectivity index (χ3n) is 5.18. The lowest BCUT2D eigenvalue weighted by Gasteiger charge is -2.10. The lowest BCUT2D eigenvalue weighted by Crippen LogP contribution is -2.19. The number of aryl methyl sites for hydroxylation is 3. The first-order valence-electron chi connectivity index (χ1n) is 8.76. The van der Waals surface area contributed by atoms with Crippen molar-refractivity contribution in [1.29, 1.82) is 0 Å². The van der Waals surface area contributed by atoms with Crippen molar-refractivity contribution in [3.05, 3.63) is 63.9 Å². The number of imidazole rings is 3. The van der Waals surface area contributed by atoms with E-state index < -0.39 is 0 Å². The molecule has 140 valence electrons. The van der Waals surface area contributed by atoms with Crippen molar-refractivity contribution < 1.29 is 0 Å². The molecule has 7 nitrogen and oxygen atoms in total. The van der Waals surface area contributed by atoms with Gasteiger partial charge in [-0.1, -0.05) is 15.9 Å². The van der Waals surface area contributed by atoms with Gasteiger partial charge in [-0.25, -0.2) is 14.8 Å². The second-order valence-electron chi connectivity index (χ2n) is 6.87. The summed E-state index contributed by atoms with van der Waals surface area (Å²) >= 11 is 3.53. The lowest BCUT2D eigenvalue weighted by molar-refractivity contribution is 0.795. The SMILES string of the molecule is Cn1cncc1-c1nc2cc(Br)ccc2n1-c1ccc2c(c1)n(C)c(=O)n2C. The van der Waals surface area contributed by atoms with Gasteiger partial charge in [-0.2, -0.15) is 0 Å². The van der Waals surface area contributed by atoms with E-state index in [1.165, 1.54) is 0 Å². The Hall–Kier alpha value is -3.13. The number of fused-ring (bicyclic) bond motifs is 2. The highest BCUT2D eigenvalue weighted by Gasteiger charge is 2.18. The van der Waals surface area contributed by atoms with Crippen LogP contribution in [0.15, 0.2) is 58.2 Å². The molecule has 0 aliphatic rings. The highest BCUT2D eigenvalue weighted by atomic mass is 79.9. The van der Waals surface area contributed by atoms with Crippen LogP contribution in [0.5, 0.6) is 0 Å². The zero-order chi connectivity index (χ0) is 19.6. The van der Waals surface area contributed by atoms with Crippen molar-refractivity contribution >= 4 is 38.0 Å². The molecule has 0 bridgehead atoms. The predicted molar refractivity (Wildman–Crippen MR) is 113 cm³/mol. The van der Waals surface area contributed by atoms with Gasteiger partial charge in [0.2, 0.25) is 0 Å². The number of hydrogen-bond acceptors (Lipinski definition) is 3. The van der Waals surface area contributed by atoms with Gasteiger partial charge in [0.1, 0.15) is 5.69 Å². The summed E-state index contributed by atoms with van der Waals surface area (Å²) in [7, 11) is 5.53. The van der Waals surface area contributed by atoms with Crippen LogP contribution in [-0.2, 0) is 21.1 Å². The van der Waals surface area contributed by atoms with E-state index in [1.54, 1.807) is 29.6 Å². The Balaban J connectivity index is 1.88. The van der Waals surface area contributed by atoms with Crippen LogP contribution in [0.25, 0.3) is 39.3 Å². The standard InChI is InChI=1S/C20H17BrN6O/c1-24-11-22-10-18(24)19-23-14-8-12(21)4-6-15(14)27(19)13-5-7-16-17(9-13)26(3)20(28)25(16)2/h4-11H,1-3H3. The molecule has 0 saturated carbocycles. The predicted octanol–water partition coefficient (Wildman–Crippen LogP) is 3.38. The number of halogens is 1. The number of hydrogen-bond donors (Lipinski definition) is 0. The van der Waals surface area contributed by atoms with Gasteiger partial charge in [0, 0.05) is 31.3 Å². The summed E-state index contributed by atoms with van der Waals surface area (Å²) in [5.74, 6) is 0.799. The van der Waals surface area contributed by atoms with Crippen LogP contribution in [-0.4, -0.2) is 28.2 Å². The normalized spacial score (nSPS) is 11.7. The van der Waals surface area contributed by atoms with Crippen LogP contribution in [0.2, 0.25) is 0 Å². The molecule has 0 spiro atoms. The number of benzene rings is 2. The molecule has 0 N–H and O–H groups in total. The number of rotatable bonds is 2. The molecule has 0 amide bonds. The van der Waals surface area contributed by atoms with Crippen molar-refractivity contribution in [2.75, 3.05) is 0 Å². The molecule has 0 fully saturated rings. The maximum absolute atomic E-state index is 12.3. The molecule has 5 aromatic rings. The number of aromatic nitrogens is 6. The van der Waals surface area contributed by atoms with Crippen LogP contribution in [0.3, 0.4) is 0 Å². The van der Waals surface area contributed by atoms with E-state index >= 15 is 0 Å². The lowest BCUT2D eigenvalue weighted by atomic mass is 10.2. The monoisotopic (exact) mass is 436 g/mol. The van der Waals surface area contributed by atoms with E-state index in [0.717, 1.165) is 43.7 Å². The third kappa shape index (κ3) is 2.31. The average Bonchev–Trinajstić information content (AvgIpc) is 3.33. The highest BCUT2D eigenvalue weighted by Crippen LogP contribution is 2.31. The third-order valence-corrected chi connectivity index (χ3v) is 5.67. The minimum Gasteiger partial charge on any atom is -0.331 e. The van der Waals surface area contributed by atoms with E-state index in [4.69, 9.17) is 4.98 Å². The van der Waals surface area contributed by atoms with Gasteiger partial charge in [-0.3, -0.25) is 13.7 Å². The maximum atomic E-state index is 12.3. The molecule has 0 radical (unpaired) electrons. The minimum atomic E-state index is -0.0431. The molecule has 0 atom stereocenters. The summed E-state index contributed by atoms with van der Waals surface area (Å²) in [6.07, 6.45) is 3.57. The molecule has 3 heterocycles. The minimum absolute atomic E-state index is 0.0431.